The standard InChI is InChI=1S/C24H26F7NO2/c1-33-11-9-32-20-6-7-21(22(20)16-2-4-19(25)5-3-16)34-10-8-15-12-17(23(26,27)28)14-18(13-15)24(29,30)31/h2-5,12-14,20-22,32H,6-11H2,1H3. The highest BCUT2D eigenvalue weighted by Crippen LogP contribution is 2.38. The van der Waals surface area contributed by atoms with Crippen molar-refractivity contribution >= 4 is 0 Å². The molecule has 0 bridgehead atoms. The zero-order valence-electron chi connectivity index (χ0n) is 18.5. The number of rotatable bonds is 9. The molecule has 0 aromatic heterocycles. The van der Waals surface area contributed by atoms with Gasteiger partial charge >= 0.3 is 12.4 Å². The first-order valence-corrected chi connectivity index (χ1v) is 10.9. The molecule has 10 heteroatoms. The molecule has 2 aromatic carbocycles. The molecule has 1 aliphatic carbocycles. The maximum atomic E-state index is 13.4. The summed E-state index contributed by atoms with van der Waals surface area (Å²) in [5.41, 5.74) is -1.94. The molecular weight excluding hydrogens is 467 g/mol. The monoisotopic (exact) mass is 493 g/mol. The van der Waals surface area contributed by atoms with Crippen molar-refractivity contribution < 1.29 is 40.2 Å². The number of benzene rings is 2. The highest BCUT2D eigenvalue weighted by molar-refractivity contribution is 5.34. The van der Waals surface area contributed by atoms with Gasteiger partial charge < -0.3 is 14.8 Å². The van der Waals surface area contributed by atoms with E-state index in [0.29, 0.717) is 19.6 Å². The number of ether oxygens (including phenoxy) is 2. The summed E-state index contributed by atoms with van der Waals surface area (Å²) in [6.07, 6.45) is -8.82. The fourth-order valence-electron chi connectivity index (χ4n) is 4.35. The largest absolute Gasteiger partial charge is 0.416 e. The molecule has 1 aliphatic rings. The van der Waals surface area contributed by atoms with Crippen molar-refractivity contribution in [2.75, 3.05) is 26.9 Å². The Kier molecular flexibility index (Phi) is 8.59. The van der Waals surface area contributed by atoms with Gasteiger partial charge in [0.15, 0.2) is 0 Å². The summed E-state index contributed by atoms with van der Waals surface area (Å²) >= 11 is 0. The summed E-state index contributed by atoms with van der Waals surface area (Å²) < 4.78 is 103. The predicted molar refractivity (Wildman–Crippen MR) is 112 cm³/mol. The number of methoxy groups -OCH3 is 1. The second-order valence-electron chi connectivity index (χ2n) is 8.28. The average molecular weight is 493 g/mol. The quantitative estimate of drug-likeness (QED) is 0.345. The molecule has 34 heavy (non-hydrogen) atoms. The Labute approximate surface area is 193 Å². The first kappa shape index (κ1) is 26.4. The van der Waals surface area contributed by atoms with Crippen molar-refractivity contribution in [3.05, 3.63) is 70.5 Å². The van der Waals surface area contributed by atoms with Crippen molar-refractivity contribution in [2.24, 2.45) is 0 Å². The zero-order chi connectivity index (χ0) is 24.9. The fourth-order valence-corrected chi connectivity index (χ4v) is 4.35. The maximum Gasteiger partial charge on any atom is 0.416 e. The Balaban J connectivity index is 1.72. The Morgan fingerprint density at radius 3 is 2.06 bits per heavy atom. The molecular formula is C24H26F7NO2. The minimum absolute atomic E-state index is 0.0102. The van der Waals surface area contributed by atoms with Gasteiger partial charge in [0.05, 0.1) is 30.4 Å². The van der Waals surface area contributed by atoms with Crippen LogP contribution in [0.3, 0.4) is 0 Å². The van der Waals surface area contributed by atoms with E-state index in [1.165, 1.54) is 12.1 Å². The van der Waals surface area contributed by atoms with Gasteiger partial charge in [-0.05, 0) is 60.7 Å². The lowest BCUT2D eigenvalue weighted by atomic mass is 9.92. The van der Waals surface area contributed by atoms with E-state index in [2.05, 4.69) is 5.32 Å². The van der Waals surface area contributed by atoms with E-state index >= 15 is 0 Å². The summed E-state index contributed by atoms with van der Waals surface area (Å²) in [4.78, 5) is 0. The van der Waals surface area contributed by atoms with E-state index in [9.17, 15) is 30.7 Å². The molecule has 3 atom stereocenters. The molecule has 0 aliphatic heterocycles. The highest BCUT2D eigenvalue weighted by Gasteiger charge is 2.38. The van der Waals surface area contributed by atoms with Crippen LogP contribution in [0, 0.1) is 5.82 Å². The van der Waals surface area contributed by atoms with E-state index < -0.39 is 23.5 Å². The second kappa shape index (κ2) is 11.0. The van der Waals surface area contributed by atoms with Crippen LogP contribution < -0.4 is 5.32 Å². The Hall–Kier alpha value is -2.17. The Morgan fingerprint density at radius 2 is 1.50 bits per heavy atom. The highest BCUT2D eigenvalue weighted by atomic mass is 19.4. The third kappa shape index (κ3) is 6.93. The van der Waals surface area contributed by atoms with Crippen LogP contribution in [0.2, 0.25) is 0 Å². The maximum absolute atomic E-state index is 13.4. The van der Waals surface area contributed by atoms with Gasteiger partial charge in [-0.15, -0.1) is 0 Å². The van der Waals surface area contributed by atoms with Gasteiger partial charge in [-0.3, -0.25) is 0 Å². The number of halogens is 7. The lowest BCUT2D eigenvalue weighted by molar-refractivity contribution is -0.143. The van der Waals surface area contributed by atoms with Crippen LogP contribution in [-0.2, 0) is 28.2 Å². The Morgan fingerprint density at radius 1 is 0.882 bits per heavy atom. The summed E-state index contributed by atoms with van der Waals surface area (Å²) in [6.45, 7) is 1.04. The molecule has 188 valence electrons. The van der Waals surface area contributed by atoms with E-state index in [4.69, 9.17) is 9.47 Å². The van der Waals surface area contributed by atoms with Crippen molar-refractivity contribution in [1.82, 2.24) is 5.32 Å². The molecule has 3 unspecified atom stereocenters. The van der Waals surface area contributed by atoms with E-state index in [-0.39, 0.29) is 48.5 Å². The first-order valence-electron chi connectivity index (χ1n) is 10.9. The molecule has 0 spiro atoms. The lowest BCUT2D eigenvalue weighted by Gasteiger charge is -2.26. The number of nitrogens with one attached hydrogen (secondary N) is 1. The second-order valence-corrected chi connectivity index (χ2v) is 8.28. The van der Waals surface area contributed by atoms with E-state index in [1.54, 1.807) is 19.2 Å². The third-order valence-corrected chi connectivity index (χ3v) is 5.93. The minimum Gasteiger partial charge on any atom is -0.383 e. The van der Waals surface area contributed by atoms with E-state index in [0.717, 1.165) is 24.1 Å². The average Bonchev–Trinajstić information content (AvgIpc) is 3.16. The summed E-state index contributed by atoms with van der Waals surface area (Å²) in [5, 5.41) is 3.38. The smallest absolute Gasteiger partial charge is 0.383 e. The molecule has 1 N–H and O–H groups in total. The van der Waals surface area contributed by atoms with Crippen LogP contribution in [0.1, 0.15) is 41.0 Å². The molecule has 3 rings (SSSR count). The van der Waals surface area contributed by atoms with Crippen LogP contribution in [0.4, 0.5) is 30.7 Å². The number of alkyl halides is 6. The topological polar surface area (TPSA) is 30.5 Å². The van der Waals surface area contributed by atoms with Crippen molar-refractivity contribution in [3.63, 3.8) is 0 Å². The van der Waals surface area contributed by atoms with Crippen molar-refractivity contribution in [1.29, 1.82) is 0 Å². The summed E-state index contributed by atoms with van der Waals surface area (Å²) in [6, 6.07) is 7.58. The molecule has 3 nitrogen and oxygen atoms in total. The first-order chi connectivity index (χ1) is 16.0. The van der Waals surface area contributed by atoms with Crippen LogP contribution in [0.25, 0.3) is 0 Å². The van der Waals surface area contributed by atoms with Crippen LogP contribution >= 0.6 is 0 Å². The van der Waals surface area contributed by atoms with Crippen molar-refractivity contribution in [2.45, 2.75) is 49.7 Å². The van der Waals surface area contributed by atoms with E-state index in [1.807, 2.05) is 0 Å². The summed E-state index contributed by atoms with van der Waals surface area (Å²) in [7, 11) is 1.58. The van der Waals surface area contributed by atoms with Gasteiger partial charge in [-0.1, -0.05) is 12.1 Å². The molecule has 0 amide bonds. The number of hydrogen-bond donors (Lipinski definition) is 1. The number of hydrogen-bond acceptors (Lipinski definition) is 3. The Bertz CT molecular complexity index is 896. The normalized spacial score (nSPS) is 21.2. The SMILES string of the molecule is COCCNC1CCC(OCCc2cc(C(F)(F)F)cc(C(F)(F)F)c2)C1c1ccc(F)cc1. The molecule has 0 saturated heterocycles. The van der Waals surface area contributed by atoms with Gasteiger partial charge in [-0.2, -0.15) is 26.3 Å². The van der Waals surface area contributed by atoms with Gasteiger partial charge in [0, 0.05) is 25.6 Å². The predicted octanol–water partition coefficient (Wildman–Crippen LogP) is 5.97. The fraction of sp³-hybridized carbons (Fsp3) is 0.500. The lowest BCUT2D eigenvalue weighted by Crippen LogP contribution is -2.36. The third-order valence-electron chi connectivity index (χ3n) is 5.93. The minimum atomic E-state index is -4.89. The molecule has 0 heterocycles. The molecule has 1 saturated carbocycles. The van der Waals surface area contributed by atoms with Crippen LogP contribution in [-0.4, -0.2) is 39.0 Å². The van der Waals surface area contributed by atoms with Gasteiger partial charge in [0.2, 0.25) is 0 Å². The van der Waals surface area contributed by atoms with Gasteiger partial charge in [-0.25, -0.2) is 4.39 Å². The molecule has 0 radical (unpaired) electrons. The molecule has 1 fully saturated rings. The molecule has 2 aromatic rings. The zero-order valence-corrected chi connectivity index (χ0v) is 18.5. The van der Waals surface area contributed by atoms with Crippen LogP contribution in [0.5, 0.6) is 0 Å². The van der Waals surface area contributed by atoms with Crippen molar-refractivity contribution in [3.8, 4) is 0 Å². The van der Waals surface area contributed by atoms with Gasteiger partial charge in [0.1, 0.15) is 5.82 Å². The van der Waals surface area contributed by atoms with Gasteiger partial charge in [0.25, 0.3) is 0 Å². The van der Waals surface area contributed by atoms with Crippen LogP contribution in [0.15, 0.2) is 42.5 Å². The summed E-state index contributed by atoms with van der Waals surface area (Å²) in [5.74, 6) is -0.530.